The minimum Gasteiger partial charge on any atom is -0.399 e. The predicted molar refractivity (Wildman–Crippen MR) is 73.0 cm³/mol. The van der Waals surface area contributed by atoms with E-state index in [-0.39, 0.29) is 23.7 Å². The maximum absolute atomic E-state index is 12.0. The van der Waals surface area contributed by atoms with E-state index in [1.165, 1.54) is 24.3 Å². The first kappa shape index (κ1) is 15.9. The Morgan fingerprint density at radius 2 is 1.74 bits per heavy atom. The Morgan fingerprint density at radius 1 is 1.16 bits per heavy atom. The number of nitrogens with one attached hydrogen (secondary N) is 1. The van der Waals surface area contributed by atoms with Gasteiger partial charge in [0.1, 0.15) is 0 Å². The zero-order valence-electron chi connectivity index (χ0n) is 10.7. The summed E-state index contributed by atoms with van der Waals surface area (Å²) in [5, 5.41) is 0. The molecule has 1 aromatic rings. The average Bonchev–Trinajstić information content (AvgIpc) is 2.28. The Kier molecular flexibility index (Phi) is 4.91. The normalized spacial score (nSPS) is 12.8. The van der Waals surface area contributed by atoms with Crippen molar-refractivity contribution in [3.63, 3.8) is 0 Å². The molecule has 0 fully saturated rings. The van der Waals surface area contributed by atoms with Crippen LogP contribution >= 0.6 is 0 Å². The topological polar surface area (TPSA) is 110 Å². The zero-order chi connectivity index (χ0) is 14.7. The summed E-state index contributed by atoms with van der Waals surface area (Å²) in [5.74, 6) is 0. The van der Waals surface area contributed by atoms with Crippen molar-refractivity contribution in [1.29, 1.82) is 0 Å². The second-order valence-electron chi connectivity index (χ2n) is 3.75. The fourth-order valence-electron chi connectivity index (χ4n) is 1.48. The van der Waals surface area contributed by atoms with Crippen molar-refractivity contribution in [3.8, 4) is 0 Å². The van der Waals surface area contributed by atoms with Gasteiger partial charge in [-0.3, -0.25) is 0 Å². The standard InChI is InChI=1S/C10H17N3O4S2/c1-3-13(4-2)19(16,17)12-18(14,15)10-7-5-6-9(11)8-10/h5-8,12H,3-4,11H2,1-2H3. The average molecular weight is 307 g/mol. The molecule has 1 rings (SSSR count). The summed E-state index contributed by atoms with van der Waals surface area (Å²) in [6.07, 6.45) is 0. The van der Waals surface area contributed by atoms with E-state index < -0.39 is 20.2 Å². The van der Waals surface area contributed by atoms with E-state index in [0.717, 1.165) is 4.31 Å². The van der Waals surface area contributed by atoms with E-state index in [2.05, 4.69) is 0 Å². The van der Waals surface area contributed by atoms with Gasteiger partial charge >= 0.3 is 0 Å². The first-order valence-electron chi connectivity index (χ1n) is 5.62. The van der Waals surface area contributed by atoms with Gasteiger partial charge in [0.05, 0.1) is 4.90 Å². The Hall–Kier alpha value is -1.16. The van der Waals surface area contributed by atoms with Gasteiger partial charge in [0.15, 0.2) is 0 Å². The van der Waals surface area contributed by atoms with Gasteiger partial charge in [-0.1, -0.05) is 24.0 Å². The Labute approximate surface area is 113 Å². The van der Waals surface area contributed by atoms with Crippen LogP contribution in [0.1, 0.15) is 13.8 Å². The molecule has 0 radical (unpaired) electrons. The van der Waals surface area contributed by atoms with Crippen LogP contribution in [-0.4, -0.2) is 34.2 Å². The van der Waals surface area contributed by atoms with Gasteiger partial charge < -0.3 is 5.73 Å². The Bertz CT molecular complexity index is 636. The zero-order valence-corrected chi connectivity index (χ0v) is 12.3. The van der Waals surface area contributed by atoms with Gasteiger partial charge in [0, 0.05) is 18.8 Å². The number of sulfonamides is 1. The van der Waals surface area contributed by atoms with Gasteiger partial charge in [-0.15, -0.1) is 0 Å². The second kappa shape index (κ2) is 5.87. The number of hydrogen-bond donors (Lipinski definition) is 2. The molecule has 0 saturated carbocycles. The van der Waals surface area contributed by atoms with Crippen LogP contribution in [0.4, 0.5) is 5.69 Å². The molecule has 0 atom stereocenters. The van der Waals surface area contributed by atoms with Crippen molar-refractivity contribution in [2.24, 2.45) is 0 Å². The van der Waals surface area contributed by atoms with Crippen LogP contribution in [0.15, 0.2) is 29.2 Å². The summed E-state index contributed by atoms with van der Waals surface area (Å²) in [4.78, 5) is -0.191. The maximum Gasteiger partial charge on any atom is 0.292 e. The van der Waals surface area contributed by atoms with Crippen molar-refractivity contribution >= 4 is 25.9 Å². The molecular weight excluding hydrogens is 290 g/mol. The molecule has 1 aromatic carbocycles. The maximum atomic E-state index is 12.0. The summed E-state index contributed by atoms with van der Waals surface area (Å²) in [7, 11) is -8.25. The molecule has 108 valence electrons. The number of nitrogens with two attached hydrogens (primary N) is 1. The van der Waals surface area contributed by atoms with Gasteiger partial charge in [0.25, 0.3) is 20.2 Å². The third-order valence-electron chi connectivity index (χ3n) is 2.43. The number of benzene rings is 1. The molecule has 0 aliphatic carbocycles. The summed E-state index contributed by atoms with van der Waals surface area (Å²) in [5.41, 5.74) is 5.72. The Morgan fingerprint density at radius 3 is 2.21 bits per heavy atom. The molecule has 0 bridgehead atoms. The number of nitrogens with zero attached hydrogens (tertiary/aromatic N) is 1. The highest BCUT2D eigenvalue weighted by molar-refractivity contribution is 8.03. The highest BCUT2D eigenvalue weighted by atomic mass is 32.3. The first-order chi connectivity index (χ1) is 8.73. The highest BCUT2D eigenvalue weighted by Gasteiger charge is 2.26. The van der Waals surface area contributed by atoms with E-state index in [4.69, 9.17) is 5.73 Å². The van der Waals surface area contributed by atoms with Crippen LogP contribution in [0.3, 0.4) is 0 Å². The summed E-state index contributed by atoms with van der Waals surface area (Å²) in [6.45, 7) is 3.60. The van der Waals surface area contributed by atoms with E-state index in [0.29, 0.717) is 0 Å². The third-order valence-corrected chi connectivity index (χ3v) is 6.22. The minimum absolute atomic E-state index is 0.179. The monoisotopic (exact) mass is 307 g/mol. The SMILES string of the molecule is CCN(CC)S(=O)(=O)NS(=O)(=O)c1cccc(N)c1. The lowest BCUT2D eigenvalue weighted by molar-refractivity contribution is 0.441. The minimum atomic E-state index is -4.17. The second-order valence-corrected chi connectivity index (χ2v) is 7.36. The molecule has 3 N–H and O–H groups in total. The molecule has 7 nitrogen and oxygen atoms in total. The van der Waals surface area contributed by atoms with E-state index in [1.807, 2.05) is 0 Å². The molecular formula is C10H17N3O4S2. The molecule has 19 heavy (non-hydrogen) atoms. The number of nitrogen functional groups attached to an aromatic ring is 1. The van der Waals surface area contributed by atoms with Gasteiger partial charge in [-0.05, 0) is 18.2 Å². The lowest BCUT2D eigenvalue weighted by atomic mass is 10.3. The fourth-order valence-corrected chi connectivity index (χ4v) is 4.63. The molecule has 0 saturated heterocycles. The van der Waals surface area contributed by atoms with Crippen LogP contribution in [0.25, 0.3) is 0 Å². The van der Waals surface area contributed by atoms with Crippen molar-refractivity contribution < 1.29 is 16.8 Å². The van der Waals surface area contributed by atoms with E-state index in [1.54, 1.807) is 18.0 Å². The van der Waals surface area contributed by atoms with Crippen LogP contribution in [0.2, 0.25) is 0 Å². The fraction of sp³-hybridized carbons (Fsp3) is 0.400. The molecule has 0 aliphatic heterocycles. The summed E-state index contributed by atoms with van der Waals surface area (Å²) in [6, 6.07) is 5.42. The van der Waals surface area contributed by atoms with E-state index in [9.17, 15) is 16.8 Å². The molecule has 0 heterocycles. The first-order valence-corrected chi connectivity index (χ1v) is 8.54. The molecule has 0 aliphatic rings. The lowest BCUT2D eigenvalue weighted by Crippen LogP contribution is -2.43. The Balaban J connectivity index is 3.11. The molecule has 0 amide bonds. The van der Waals surface area contributed by atoms with E-state index >= 15 is 0 Å². The molecule has 9 heteroatoms. The van der Waals surface area contributed by atoms with Crippen molar-refractivity contribution in [2.45, 2.75) is 18.7 Å². The quantitative estimate of drug-likeness (QED) is 0.726. The van der Waals surface area contributed by atoms with Crippen molar-refractivity contribution in [2.75, 3.05) is 18.8 Å². The van der Waals surface area contributed by atoms with Crippen LogP contribution < -0.4 is 9.86 Å². The summed E-state index contributed by atoms with van der Waals surface area (Å²) >= 11 is 0. The van der Waals surface area contributed by atoms with Crippen LogP contribution in [-0.2, 0) is 20.2 Å². The molecule has 0 spiro atoms. The number of rotatable bonds is 6. The van der Waals surface area contributed by atoms with Gasteiger partial charge in [-0.25, -0.2) is 8.42 Å². The third kappa shape index (κ3) is 3.90. The lowest BCUT2D eigenvalue weighted by Gasteiger charge is -2.18. The smallest absolute Gasteiger partial charge is 0.292 e. The van der Waals surface area contributed by atoms with Crippen molar-refractivity contribution in [1.82, 2.24) is 8.43 Å². The van der Waals surface area contributed by atoms with Gasteiger partial charge in [0.2, 0.25) is 0 Å². The number of anilines is 1. The summed E-state index contributed by atoms with van der Waals surface area (Å²) < 4.78 is 50.4. The van der Waals surface area contributed by atoms with Crippen LogP contribution in [0.5, 0.6) is 0 Å². The number of hydrogen-bond acceptors (Lipinski definition) is 5. The van der Waals surface area contributed by atoms with Crippen molar-refractivity contribution in [3.05, 3.63) is 24.3 Å². The predicted octanol–water partition coefficient (Wildman–Crippen LogP) is 0.134. The van der Waals surface area contributed by atoms with Gasteiger partial charge in [-0.2, -0.15) is 12.7 Å². The molecule has 0 aromatic heterocycles. The largest absolute Gasteiger partial charge is 0.399 e. The van der Waals surface area contributed by atoms with Crippen LogP contribution in [0, 0.1) is 0 Å². The molecule has 0 unspecified atom stereocenters. The highest BCUT2D eigenvalue weighted by Crippen LogP contribution is 2.14.